The van der Waals surface area contributed by atoms with Gasteiger partial charge in [0.1, 0.15) is 11.6 Å². The number of hydrogen-bond donors (Lipinski definition) is 1. The van der Waals surface area contributed by atoms with Crippen LogP contribution < -0.4 is 5.32 Å². The number of hydrogen-bond acceptors (Lipinski definition) is 8. The third-order valence-corrected chi connectivity index (χ3v) is 7.46. The number of para-hydroxylation sites is 1. The van der Waals surface area contributed by atoms with Crippen LogP contribution in [0.25, 0.3) is 11.0 Å². The van der Waals surface area contributed by atoms with Gasteiger partial charge in [0.25, 0.3) is 0 Å². The second-order valence-electron chi connectivity index (χ2n) is 7.08. The molecule has 1 N–H and O–H groups in total. The maximum absolute atomic E-state index is 13.4. The average Bonchev–Trinajstić information content (AvgIpc) is 3.51. The molecule has 1 aromatic heterocycles. The average molecular weight is 451 g/mol. The van der Waals surface area contributed by atoms with E-state index in [1.165, 1.54) is 11.8 Å². The quantitative estimate of drug-likeness (QED) is 0.486. The zero-order valence-corrected chi connectivity index (χ0v) is 18.7. The number of fused-ring (bicyclic) bond motifs is 1. The first kappa shape index (κ1) is 21.7. The lowest BCUT2D eigenvalue weighted by atomic mass is 10.1. The number of nitrogens with zero attached hydrogens (tertiary/aromatic N) is 1. The van der Waals surface area contributed by atoms with Gasteiger partial charge in [-0.3, -0.25) is 14.9 Å². The molecular weight excluding hydrogens is 424 g/mol. The SMILES string of the molecule is CCOC(OCC)[C@@H]1CSCN1C(=O)[C@H]1NCSC1C(=O)c1cc2ccccc2o1. The number of nitrogens with one attached hydrogen (secondary N) is 1. The Balaban J connectivity index is 1.52. The first-order valence-electron chi connectivity index (χ1n) is 10.1. The number of carbonyl (C=O) groups excluding carboxylic acids is 2. The first-order valence-corrected chi connectivity index (χ1v) is 12.3. The van der Waals surface area contributed by atoms with Crippen LogP contribution in [0, 0.1) is 0 Å². The minimum Gasteiger partial charge on any atom is -0.453 e. The van der Waals surface area contributed by atoms with Gasteiger partial charge in [-0.25, -0.2) is 0 Å². The minimum atomic E-state index is -0.596. The number of carbonyl (C=O) groups is 2. The molecule has 1 amide bonds. The van der Waals surface area contributed by atoms with E-state index >= 15 is 0 Å². The summed E-state index contributed by atoms with van der Waals surface area (Å²) < 4.78 is 17.3. The normalized spacial score (nSPS) is 24.2. The highest BCUT2D eigenvalue weighted by atomic mass is 32.2. The van der Waals surface area contributed by atoms with E-state index in [9.17, 15) is 9.59 Å². The first-order chi connectivity index (χ1) is 14.6. The second kappa shape index (κ2) is 9.74. The molecule has 3 heterocycles. The number of furan rings is 1. The number of Topliss-reactive ketones (excluding diaryl/α,β-unsaturated/α-hetero) is 1. The Morgan fingerprint density at radius 3 is 2.77 bits per heavy atom. The van der Waals surface area contributed by atoms with Crippen molar-refractivity contribution < 1.29 is 23.5 Å². The van der Waals surface area contributed by atoms with Gasteiger partial charge in [0, 0.05) is 30.2 Å². The topological polar surface area (TPSA) is 81.0 Å². The van der Waals surface area contributed by atoms with Crippen LogP contribution in [-0.2, 0) is 14.3 Å². The van der Waals surface area contributed by atoms with Gasteiger partial charge in [-0.15, -0.1) is 23.5 Å². The molecule has 2 aliphatic heterocycles. The highest BCUT2D eigenvalue weighted by molar-refractivity contribution is 8.01. The molecule has 0 bridgehead atoms. The molecule has 3 atom stereocenters. The summed E-state index contributed by atoms with van der Waals surface area (Å²) in [5, 5.41) is 3.57. The molecule has 0 aliphatic carbocycles. The third-order valence-electron chi connectivity index (χ3n) is 5.24. The largest absolute Gasteiger partial charge is 0.453 e. The van der Waals surface area contributed by atoms with Gasteiger partial charge >= 0.3 is 0 Å². The Labute approximate surface area is 184 Å². The fourth-order valence-corrected chi connectivity index (χ4v) is 6.13. The summed E-state index contributed by atoms with van der Waals surface area (Å²) in [5.41, 5.74) is 0.673. The van der Waals surface area contributed by atoms with Crippen molar-refractivity contribution in [3.63, 3.8) is 0 Å². The molecule has 1 unspecified atom stereocenters. The Hall–Kier alpha value is -1.52. The van der Waals surface area contributed by atoms with Gasteiger partial charge in [-0.2, -0.15) is 0 Å². The zero-order chi connectivity index (χ0) is 21.1. The smallest absolute Gasteiger partial charge is 0.242 e. The molecule has 2 saturated heterocycles. The van der Waals surface area contributed by atoms with Crippen LogP contribution in [0.2, 0.25) is 0 Å². The molecule has 0 spiro atoms. The van der Waals surface area contributed by atoms with Crippen LogP contribution in [0.3, 0.4) is 0 Å². The van der Waals surface area contributed by atoms with Crippen LogP contribution >= 0.6 is 23.5 Å². The molecule has 7 nitrogen and oxygen atoms in total. The maximum Gasteiger partial charge on any atom is 0.242 e. The summed E-state index contributed by atoms with van der Waals surface area (Å²) in [6.07, 6.45) is -0.461. The summed E-state index contributed by atoms with van der Waals surface area (Å²) in [5.74, 6) is 1.90. The Bertz CT molecular complexity index is 865. The van der Waals surface area contributed by atoms with E-state index in [-0.39, 0.29) is 17.7 Å². The molecule has 162 valence electrons. The summed E-state index contributed by atoms with van der Waals surface area (Å²) in [6, 6.07) is 8.51. The van der Waals surface area contributed by atoms with Gasteiger partial charge in [-0.05, 0) is 26.0 Å². The number of amides is 1. The lowest BCUT2D eigenvalue weighted by molar-refractivity contribution is -0.173. The molecule has 0 radical (unpaired) electrons. The molecular formula is C21H26N2O5S2. The molecule has 30 heavy (non-hydrogen) atoms. The predicted molar refractivity (Wildman–Crippen MR) is 119 cm³/mol. The van der Waals surface area contributed by atoms with Crippen LogP contribution in [0.15, 0.2) is 34.7 Å². The lowest BCUT2D eigenvalue weighted by Crippen LogP contribution is -2.54. The number of rotatable bonds is 8. The van der Waals surface area contributed by atoms with Crippen molar-refractivity contribution in [1.29, 1.82) is 0 Å². The van der Waals surface area contributed by atoms with Crippen molar-refractivity contribution >= 4 is 46.2 Å². The Morgan fingerprint density at radius 1 is 1.27 bits per heavy atom. The standard InChI is InChI=1S/C21H26N2O5S2/c1-3-26-21(27-4-2)14-10-29-12-23(14)20(25)17-19(30-11-22-17)18(24)16-9-13-7-5-6-8-15(13)28-16/h5-9,14,17,19,21-22H,3-4,10-12H2,1-2H3/t14-,17-,19?/m0/s1. The van der Waals surface area contributed by atoms with Crippen molar-refractivity contribution in [2.75, 3.05) is 30.7 Å². The Morgan fingerprint density at radius 2 is 2.03 bits per heavy atom. The second-order valence-corrected chi connectivity index (χ2v) is 9.21. The highest BCUT2D eigenvalue weighted by Crippen LogP contribution is 2.32. The van der Waals surface area contributed by atoms with Crippen molar-refractivity contribution in [3.8, 4) is 0 Å². The van der Waals surface area contributed by atoms with Crippen molar-refractivity contribution in [2.24, 2.45) is 0 Å². The van der Waals surface area contributed by atoms with Crippen LogP contribution in [0.4, 0.5) is 0 Å². The summed E-state index contributed by atoms with van der Waals surface area (Å²) >= 11 is 3.12. The summed E-state index contributed by atoms with van der Waals surface area (Å²) in [6.45, 7) is 4.85. The van der Waals surface area contributed by atoms with Gasteiger partial charge in [0.15, 0.2) is 12.1 Å². The van der Waals surface area contributed by atoms with Gasteiger partial charge in [-0.1, -0.05) is 18.2 Å². The fourth-order valence-electron chi connectivity index (χ4n) is 3.81. The molecule has 9 heteroatoms. The van der Waals surface area contributed by atoms with E-state index in [2.05, 4.69) is 5.32 Å². The van der Waals surface area contributed by atoms with E-state index < -0.39 is 17.6 Å². The van der Waals surface area contributed by atoms with E-state index in [1.54, 1.807) is 22.7 Å². The minimum absolute atomic E-state index is 0.0890. The fraction of sp³-hybridized carbons (Fsp3) is 0.524. The molecule has 2 fully saturated rings. The van der Waals surface area contributed by atoms with E-state index in [0.29, 0.717) is 36.3 Å². The van der Waals surface area contributed by atoms with Crippen LogP contribution in [0.5, 0.6) is 0 Å². The molecule has 2 aromatic rings. The van der Waals surface area contributed by atoms with E-state index in [0.717, 1.165) is 11.1 Å². The predicted octanol–water partition coefficient (Wildman–Crippen LogP) is 2.95. The monoisotopic (exact) mass is 450 g/mol. The Kier molecular flexibility index (Phi) is 7.05. The third kappa shape index (κ3) is 4.27. The van der Waals surface area contributed by atoms with Crippen molar-refractivity contribution in [3.05, 3.63) is 36.1 Å². The van der Waals surface area contributed by atoms with Gasteiger partial charge in [0.05, 0.1) is 17.2 Å². The van der Waals surface area contributed by atoms with E-state index in [1.807, 2.05) is 38.1 Å². The number of ether oxygens (including phenoxy) is 2. The van der Waals surface area contributed by atoms with Crippen LogP contribution in [-0.4, -0.2) is 70.9 Å². The van der Waals surface area contributed by atoms with Crippen molar-refractivity contribution in [1.82, 2.24) is 10.2 Å². The van der Waals surface area contributed by atoms with Gasteiger partial charge < -0.3 is 18.8 Å². The highest BCUT2D eigenvalue weighted by Gasteiger charge is 2.45. The maximum atomic E-state index is 13.4. The van der Waals surface area contributed by atoms with Crippen molar-refractivity contribution in [2.45, 2.75) is 37.5 Å². The molecule has 1 aromatic carbocycles. The van der Waals surface area contributed by atoms with E-state index in [4.69, 9.17) is 13.9 Å². The number of thioether (sulfide) groups is 2. The lowest BCUT2D eigenvalue weighted by Gasteiger charge is -2.32. The number of ketones is 1. The summed E-state index contributed by atoms with van der Waals surface area (Å²) in [7, 11) is 0. The molecule has 4 rings (SSSR count). The van der Waals surface area contributed by atoms with Crippen LogP contribution in [0.1, 0.15) is 24.4 Å². The molecule has 2 aliphatic rings. The van der Waals surface area contributed by atoms with Gasteiger partial charge in [0.2, 0.25) is 11.7 Å². The summed E-state index contributed by atoms with van der Waals surface area (Å²) in [4.78, 5) is 28.4. The number of benzene rings is 1. The molecule has 0 saturated carbocycles. The zero-order valence-electron chi connectivity index (χ0n) is 17.0.